The number of nitrogens with zero attached hydrogens (tertiary/aromatic N) is 1. The van der Waals surface area contributed by atoms with Crippen molar-refractivity contribution in [1.29, 1.82) is 0 Å². The molecule has 1 heterocycles. The van der Waals surface area contributed by atoms with Crippen LogP contribution in [-0.2, 0) is 9.53 Å². The minimum absolute atomic E-state index is 0. The van der Waals surface area contributed by atoms with Crippen LogP contribution >= 0.6 is 24.2 Å². The van der Waals surface area contributed by atoms with Gasteiger partial charge < -0.3 is 15.4 Å². The first-order chi connectivity index (χ1) is 10.6. The molecule has 1 amide bonds. The third-order valence-corrected chi connectivity index (χ3v) is 5.70. The van der Waals surface area contributed by atoms with E-state index in [1.54, 1.807) is 11.8 Å². The van der Waals surface area contributed by atoms with Crippen LogP contribution in [0.25, 0.3) is 0 Å². The van der Waals surface area contributed by atoms with Gasteiger partial charge in [-0.25, -0.2) is 0 Å². The molecule has 1 atom stereocenters. The van der Waals surface area contributed by atoms with Gasteiger partial charge in [-0.15, -0.1) is 12.4 Å². The number of ether oxygens (including phenoxy) is 1. The number of thioether (sulfide) groups is 1. The van der Waals surface area contributed by atoms with Crippen molar-refractivity contribution < 1.29 is 9.53 Å². The Hall–Kier alpha value is 0.0300. The lowest BCUT2D eigenvalue weighted by Gasteiger charge is -2.36. The van der Waals surface area contributed by atoms with E-state index in [0.29, 0.717) is 12.2 Å². The molecule has 1 saturated heterocycles. The van der Waals surface area contributed by atoms with Crippen LogP contribution in [0.3, 0.4) is 0 Å². The zero-order valence-electron chi connectivity index (χ0n) is 14.5. The molecule has 0 radical (unpaired) electrons. The minimum Gasteiger partial charge on any atom is -0.375 e. The summed E-state index contributed by atoms with van der Waals surface area (Å²) in [5.41, 5.74) is 6.00. The average Bonchev–Trinajstić information content (AvgIpc) is 2.55. The van der Waals surface area contributed by atoms with E-state index in [9.17, 15) is 4.79 Å². The molecule has 6 heteroatoms. The molecule has 0 unspecified atom stereocenters. The highest BCUT2D eigenvalue weighted by molar-refractivity contribution is 7.98. The molecule has 2 rings (SSSR count). The van der Waals surface area contributed by atoms with Gasteiger partial charge in [0.1, 0.15) is 0 Å². The second-order valence-electron chi connectivity index (χ2n) is 6.93. The molecule has 0 spiro atoms. The summed E-state index contributed by atoms with van der Waals surface area (Å²) in [5, 5.41) is 0. The van der Waals surface area contributed by atoms with Gasteiger partial charge in [0.2, 0.25) is 5.91 Å². The van der Waals surface area contributed by atoms with Crippen LogP contribution in [0.5, 0.6) is 0 Å². The zero-order valence-corrected chi connectivity index (χ0v) is 16.2. The zero-order chi connectivity index (χ0) is 15.9. The normalized spacial score (nSPS) is 27.3. The van der Waals surface area contributed by atoms with Crippen molar-refractivity contribution in [2.24, 2.45) is 11.7 Å². The van der Waals surface area contributed by atoms with Gasteiger partial charge in [0, 0.05) is 13.1 Å². The second-order valence-corrected chi connectivity index (χ2v) is 7.92. The van der Waals surface area contributed by atoms with Gasteiger partial charge >= 0.3 is 0 Å². The Labute approximate surface area is 151 Å². The topological polar surface area (TPSA) is 55.6 Å². The number of piperidine rings is 1. The highest BCUT2D eigenvalue weighted by Gasteiger charge is 2.28. The Kier molecular flexibility index (Phi) is 9.90. The van der Waals surface area contributed by atoms with Crippen LogP contribution < -0.4 is 5.73 Å². The van der Waals surface area contributed by atoms with E-state index in [4.69, 9.17) is 10.5 Å². The monoisotopic (exact) mass is 364 g/mol. The molecule has 0 bridgehead atoms. The van der Waals surface area contributed by atoms with Crippen molar-refractivity contribution >= 4 is 30.1 Å². The van der Waals surface area contributed by atoms with Gasteiger partial charge in [-0.2, -0.15) is 11.8 Å². The van der Waals surface area contributed by atoms with E-state index >= 15 is 0 Å². The first-order valence-corrected chi connectivity index (χ1v) is 10.2. The van der Waals surface area contributed by atoms with Crippen molar-refractivity contribution in [3.8, 4) is 0 Å². The summed E-state index contributed by atoms with van der Waals surface area (Å²) in [6.07, 6.45) is 10.6. The molecule has 2 N–H and O–H groups in total. The van der Waals surface area contributed by atoms with Gasteiger partial charge in [-0.1, -0.05) is 6.92 Å². The predicted molar refractivity (Wildman–Crippen MR) is 100 cm³/mol. The molecule has 1 aliphatic heterocycles. The van der Waals surface area contributed by atoms with Gasteiger partial charge in [0.25, 0.3) is 0 Å². The highest BCUT2D eigenvalue weighted by Crippen LogP contribution is 2.28. The van der Waals surface area contributed by atoms with E-state index in [1.165, 1.54) is 25.7 Å². The molecule has 0 aromatic carbocycles. The molecule has 0 aromatic rings. The summed E-state index contributed by atoms with van der Waals surface area (Å²) in [5.74, 6) is 1.94. The number of halogens is 1. The molecule has 136 valence electrons. The highest BCUT2D eigenvalue weighted by atomic mass is 35.5. The van der Waals surface area contributed by atoms with Crippen molar-refractivity contribution in [1.82, 2.24) is 4.90 Å². The summed E-state index contributed by atoms with van der Waals surface area (Å²) in [7, 11) is 0. The fourth-order valence-electron chi connectivity index (χ4n) is 3.45. The van der Waals surface area contributed by atoms with E-state index in [0.717, 1.165) is 44.0 Å². The van der Waals surface area contributed by atoms with E-state index in [2.05, 4.69) is 6.92 Å². The average molecular weight is 365 g/mol. The van der Waals surface area contributed by atoms with Crippen LogP contribution in [0.15, 0.2) is 0 Å². The standard InChI is InChI=1S/C17H32N2O2S.ClH/c1-13-3-5-14(6-4-13)21-15-7-10-19(11-8-15)17(20)16(18)9-12-22-2;/h13-16H,3-12,18H2,1-2H3;1H/t13?,14?,16-;/m0./s1. The number of nitrogens with two attached hydrogens (primary N) is 1. The fourth-order valence-corrected chi connectivity index (χ4v) is 3.94. The van der Waals surface area contributed by atoms with Crippen LogP contribution in [0.1, 0.15) is 51.9 Å². The Bertz CT molecular complexity index is 343. The summed E-state index contributed by atoms with van der Waals surface area (Å²) in [6, 6.07) is -0.329. The van der Waals surface area contributed by atoms with Gasteiger partial charge in [-0.3, -0.25) is 4.79 Å². The number of hydrogen-bond acceptors (Lipinski definition) is 4. The van der Waals surface area contributed by atoms with Crippen molar-refractivity contribution in [2.75, 3.05) is 25.1 Å². The smallest absolute Gasteiger partial charge is 0.239 e. The number of carbonyl (C=O) groups excluding carboxylic acids is 1. The number of amides is 1. The lowest BCUT2D eigenvalue weighted by atomic mass is 9.88. The van der Waals surface area contributed by atoms with Gasteiger partial charge in [-0.05, 0) is 62.9 Å². The molecule has 2 aliphatic rings. The maximum Gasteiger partial charge on any atom is 0.239 e. The van der Waals surface area contributed by atoms with Crippen LogP contribution in [-0.4, -0.2) is 54.2 Å². The predicted octanol–water partition coefficient (Wildman–Crippen LogP) is 3.07. The lowest BCUT2D eigenvalue weighted by Crippen LogP contribution is -2.48. The molecule has 1 saturated carbocycles. The Morgan fingerprint density at radius 1 is 1.17 bits per heavy atom. The molecular formula is C17H33ClN2O2S. The van der Waals surface area contributed by atoms with Crippen LogP contribution in [0.4, 0.5) is 0 Å². The van der Waals surface area contributed by atoms with E-state index < -0.39 is 0 Å². The molecule has 1 aliphatic carbocycles. The summed E-state index contributed by atoms with van der Waals surface area (Å²) < 4.78 is 6.26. The largest absolute Gasteiger partial charge is 0.375 e. The minimum atomic E-state index is -0.329. The third kappa shape index (κ3) is 6.81. The first-order valence-electron chi connectivity index (χ1n) is 8.79. The van der Waals surface area contributed by atoms with Gasteiger partial charge in [0.05, 0.1) is 18.2 Å². The van der Waals surface area contributed by atoms with Gasteiger partial charge in [0.15, 0.2) is 0 Å². The summed E-state index contributed by atoms with van der Waals surface area (Å²) in [4.78, 5) is 14.2. The Balaban J connectivity index is 0.00000264. The van der Waals surface area contributed by atoms with Crippen molar-refractivity contribution in [3.63, 3.8) is 0 Å². The van der Waals surface area contributed by atoms with Crippen LogP contribution in [0.2, 0.25) is 0 Å². The summed E-state index contributed by atoms with van der Waals surface area (Å²) in [6.45, 7) is 3.94. The number of rotatable bonds is 6. The second kappa shape index (κ2) is 10.8. The molecule has 2 fully saturated rings. The Morgan fingerprint density at radius 3 is 2.30 bits per heavy atom. The van der Waals surface area contributed by atoms with Crippen molar-refractivity contribution in [3.05, 3.63) is 0 Å². The number of hydrogen-bond donors (Lipinski definition) is 1. The lowest BCUT2D eigenvalue weighted by molar-refractivity contribution is -0.136. The van der Waals surface area contributed by atoms with Crippen molar-refractivity contribution in [2.45, 2.75) is 70.1 Å². The summed E-state index contributed by atoms with van der Waals surface area (Å²) >= 11 is 1.74. The molecule has 23 heavy (non-hydrogen) atoms. The first kappa shape index (κ1) is 21.1. The number of carbonyl (C=O) groups is 1. The maximum atomic E-state index is 12.3. The molecule has 4 nitrogen and oxygen atoms in total. The SMILES string of the molecule is CSCC[C@H](N)C(=O)N1CCC(OC2CCC(C)CC2)CC1.Cl. The van der Waals surface area contributed by atoms with Crippen LogP contribution in [0, 0.1) is 5.92 Å². The Morgan fingerprint density at radius 2 is 1.74 bits per heavy atom. The van der Waals surface area contributed by atoms with E-state index in [1.807, 2.05) is 11.2 Å². The fraction of sp³-hybridized carbons (Fsp3) is 0.941. The maximum absolute atomic E-state index is 12.3. The third-order valence-electron chi connectivity index (χ3n) is 5.05. The quantitative estimate of drug-likeness (QED) is 0.786. The molecule has 0 aromatic heterocycles. The molecular weight excluding hydrogens is 332 g/mol. The number of likely N-dealkylation sites (tertiary alicyclic amines) is 1. The van der Waals surface area contributed by atoms with E-state index in [-0.39, 0.29) is 24.4 Å².